The SMILES string of the molecule is CCCCCCCCCCCCC/C=C/C(O)C(CO)NC(=O)CCCCCCCCCCCCCCCCCCCCCCCCCCCCOC(=O)CCCCCCCCCCCCCCCCC. The number of aliphatic hydroxyl groups is 2. The lowest BCUT2D eigenvalue weighted by Gasteiger charge is -2.20. The second kappa shape index (κ2) is 61.1. The van der Waals surface area contributed by atoms with Crippen molar-refractivity contribution in [3.63, 3.8) is 0 Å². The van der Waals surface area contributed by atoms with Crippen LogP contribution in [0.25, 0.3) is 0 Å². The molecule has 422 valence electrons. The second-order valence-electron chi connectivity index (χ2n) is 22.5. The van der Waals surface area contributed by atoms with E-state index in [0.717, 1.165) is 38.5 Å². The van der Waals surface area contributed by atoms with Crippen LogP contribution in [-0.2, 0) is 14.3 Å². The van der Waals surface area contributed by atoms with Gasteiger partial charge in [-0.25, -0.2) is 0 Å². The monoisotopic (exact) mass is 1000 g/mol. The molecule has 71 heavy (non-hydrogen) atoms. The van der Waals surface area contributed by atoms with Crippen molar-refractivity contribution in [2.24, 2.45) is 0 Å². The zero-order chi connectivity index (χ0) is 51.4. The summed E-state index contributed by atoms with van der Waals surface area (Å²) in [6, 6.07) is -0.624. The van der Waals surface area contributed by atoms with E-state index in [4.69, 9.17) is 4.74 Å². The largest absolute Gasteiger partial charge is 0.466 e. The Morgan fingerprint density at radius 3 is 0.958 bits per heavy atom. The van der Waals surface area contributed by atoms with Crippen LogP contribution in [0.4, 0.5) is 0 Å². The van der Waals surface area contributed by atoms with Gasteiger partial charge in [0.05, 0.1) is 25.4 Å². The van der Waals surface area contributed by atoms with E-state index in [2.05, 4.69) is 19.2 Å². The van der Waals surface area contributed by atoms with E-state index in [-0.39, 0.29) is 18.5 Å². The molecule has 0 aliphatic heterocycles. The molecule has 6 nitrogen and oxygen atoms in total. The number of ether oxygens (including phenoxy) is 1. The fourth-order valence-electron chi connectivity index (χ4n) is 10.3. The number of carbonyl (C=O) groups is 2. The minimum Gasteiger partial charge on any atom is -0.466 e. The third kappa shape index (κ3) is 57.7. The van der Waals surface area contributed by atoms with Crippen molar-refractivity contribution in [2.75, 3.05) is 13.2 Å². The number of allylic oxidation sites excluding steroid dienone is 1. The third-order valence-electron chi connectivity index (χ3n) is 15.3. The molecular formula is C65H127NO5. The normalized spacial score (nSPS) is 12.6. The fourth-order valence-corrected chi connectivity index (χ4v) is 10.3. The summed E-state index contributed by atoms with van der Waals surface area (Å²) in [5.41, 5.74) is 0. The number of hydrogen-bond donors (Lipinski definition) is 3. The van der Waals surface area contributed by atoms with Crippen LogP contribution in [0.2, 0.25) is 0 Å². The molecule has 0 rings (SSSR count). The summed E-state index contributed by atoms with van der Waals surface area (Å²) in [5, 5.41) is 23.1. The molecule has 0 radical (unpaired) electrons. The van der Waals surface area contributed by atoms with E-state index >= 15 is 0 Å². The summed E-state index contributed by atoms with van der Waals surface area (Å²) < 4.78 is 5.50. The molecule has 0 bridgehead atoms. The topological polar surface area (TPSA) is 95.9 Å². The Labute approximate surface area is 444 Å². The highest BCUT2D eigenvalue weighted by Crippen LogP contribution is 2.18. The van der Waals surface area contributed by atoms with Crippen molar-refractivity contribution < 1.29 is 24.5 Å². The van der Waals surface area contributed by atoms with Gasteiger partial charge >= 0.3 is 5.97 Å². The van der Waals surface area contributed by atoms with Gasteiger partial charge < -0.3 is 20.3 Å². The first-order valence-electron chi connectivity index (χ1n) is 32.5. The van der Waals surface area contributed by atoms with E-state index in [0.29, 0.717) is 19.4 Å². The van der Waals surface area contributed by atoms with Crippen LogP contribution in [0.15, 0.2) is 12.2 Å². The van der Waals surface area contributed by atoms with E-state index < -0.39 is 12.1 Å². The molecule has 0 saturated heterocycles. The first-order chi connectivity index (χ1) is 35.0. The van der Waals surface area contributed by atoms with Crippen molar-refractivity contribution in [3.8, 4) is 0 Å². The Morgan fingerprint density at radius 2 is 0.648 bits per heavy atom. The number of esters is 1. The van der Waals surface area contributed by atoms with Crippen molar-refractivity contribution in [1.29, 1.82) is 0 Å². The standard InChI is InChI=1S/C65H127NO5/c1-3-5-7-9-11-13-15-17-30-35-39-43-47-51-55-59-65(70)71-60-56-52-48-44-40-36-32-29-27-25-23-21-19-18-20-22-24-26-28-31-34-38-42-46-50-54-58-64(69)66-62(61-67)63(68)57-53-49-45-41-37-33-16-14-12-10-8-6-4-2/h53,57,62-63,67-68H,3-52,54-56,58-61H2,1-2H3,(H,66,69)/b57-53+. The predicted octanol–water partition coefficient (Wildman–Crippen LogP) is 20.4. The average molecular weight is 1000 g/mol. The van der Waals surface area contributed by atoms with Gasteiger partial charge in [0, 0.05) is 12.8 Å². The maximum Gasteiger partial charge on any atom is 0.305 e. The van der Waals surface area contributed by atoms with Crippen molar-refractivity contribution in [3.05, 3.63) is 12.2 Å². The first kappa shape index (κ1) is 69.6. The lowest BCUT2D eigenvalue weighted by molar-refractivity contribution is -0.143. The molecular weight excluding hydrogens is 875 g/mol. The van der Waals surface area contributed by atoms with Gasteiger partial charge in [0.15, 0.2) is 0 Å². The average Bonchev–Trinajstić information content (AvgIpc) is 3.37. The highest BCUT2D eigenvalue weighted by Gasteiger charge is 2.18. The number of nitrogens with one attached hydrogen (secondary N) is 1. The van der Waals surface area contributed by atoms with Crippen LogP contribution in [0.3, 0.4) is 0 Å². The Bertz CT molecular complexity index is 1060. The minimum atomic E-state index is -0.841. The van der Waals surface area contributed by atoms with Crippen LogP contribution in [0.5, 0.6) is 0 Å². The molecule has 0 spiro atoms. The maximum atomic E-state index is 12.5. The van der Waals surface area contributed by atoms with Gasteiger partial charge in [-0.2, -0.15) is 0 Å². The molecule has 0 aromatic heterocycles. The Morgan fingerprint density at radius 1 is 0.380 bits per heavy atom. The smallest absolute Gasteiger partial charge is 0.305 e. The summed E-state index contributed by atoms with van der Waals surface area (Å²) in [7, 11) is 0. The Hall–Kier alpha value is -1.40. The van der Waals surface area contributed by atoms with Crippen LogP contribution >= 0.6 is 0 Å². The number of hydrogen-bond acceptors (Lipinski definition) is 5. The fraction of sp³-hybridized carbons (Fsp3) is 0.938. The van der Waals surface area contributed by atoms with Crippen molar-refractivity contribution in [1.82, 2.24) is 5.32 Å². The lowest BCUT2D eigenvalue weighted by atomic mass is 10.0. The molecule has 2 atom stereocenters. The molecule has 0 heterocycles. The number of unbranched alkanes of at least 4 members (excludes halogenated alkanes) is 50. The maximum absolute atomic E-state index is 12.5. The molecule has 0 aromatic carbocycles. The molecule has 0 aromatic rings. The number of aliphatic hydroxyl groups excluding tert-OH is 2. The second-order valence-corrected chi connectivity index (χ2v) is 22.5. The molecule has 0 fully saturated rings. The predicted molar refractivity (Wildman–Crippen MR) is 310 cm³/mol. The van der Waals surface area contributed by atoms with Gasteiger partial charge in [-0.05, 0) is 32.1 Å². The van der Waals surface area contributed by atoms with Gasteiger partial charge in [0.25, 0.3) is 0 Å². The highest BCUT2D eigenvalue weighted by molar-refractivity contribution is 5.76. The van der Waals surface area contributed by atoms with Gasteiger partial charge in [-0.3, -0.25) is 9.59 Å². The number of rotatable bonds is 61. The first-order valence-corrected chi connectivity index (χ1v) is 32.5. The van der Waals surface area contributed by atoms with Gasteiger partial charge in [0.1, 0.15) is 0 Å². The summed E-state index contributed by atoms with van der Waals surface area (Å²) >= 11 is 0. The molecule has 0 saturated carbocycles. The highest BCUT2D eigenvalue weighted by atomic mass is 16.5. The number of carbonyl (C=O) groups excluding carboxylic acids is 2. The van der Waals surface area contributed by atoms with E-state index in [1.165, 1.54) is 302 Å². The van der Waals surface area contributed by atoms with Gasteiger partial charge in [-0.1, -0.05) is 334 Å². The summed E-state index contributed by atoms with van der Waals surface area (Å²) in [6.45, 7) is 4.93. The summed E-state index contributed by atoms with van der Waals surface area (Å²) in [6.07, 6.45) is 74.1. The lowest BCUT2D eigenvalue weighted by Crippen LogP contribution is -2.45. The molecule has 1 amide bonds. The molecule has 6 heteroatoms. The zero-order valence-corrected chi connectivity index (χ0v) is 48.2. The van der Waals surface area contributed by atoms with Crippen LogP contribution in [-0.4, -0.2) is 47.4 Å². The van der Waals surface area contributed by atoms with E-state index in [9.17, 15) is 19.8 Å². The molecule has 0 aliphatic carbocycles. The Kier molecular flexibility index (Phi) is 59.9. The van der Waals surface area contributed by atoms with Crippen LogP contribution in [0, 0.1) is 0 Å². The number of amides is 1. The Balaban J connectivity index is 3.34. The summed E-state index contributed by atoms with van der Waals surface area (Å²) in [4.78, 5) is 24.5. The van der Waals surface area contributed by atoms with Gasteiger partial charge in [-0.15, -0.1) is 0 Å². The quantitative estimate of drug-likeness (QED) is 0.0320. The van der Waals surface area contributed by atoms with Crippen LogP contribution < -0.4 is 5.32 Å². The summed E-state index contributed by atoms with van der Waals surface area (Å²) in [5.74, 6) is -0.0437. The van der Waals surface area contributed by atoms with Gasteiger partial charge in [0.2, 0.25) is 5.91 Å². The molecule has 2 unspecified atom stereocenters. The minimum absolute atomic E-state index is 0.0204. The molecule has 0 aliphatic rings. The van der Waals surface area contributed by atoms with Crippen molar-refractivity contribution >= 4 is 11.9 Å². The molecule has 3 N–H and O–H groups in total. The third-order valence-corrected chi connectivity index (χ3v) is 15.3. The van der Waals surface area contributed by atoms with E-state index in [1.807, 2.05) is 6.08 Å². The van der Waals surface area contributed by atoms with Crippen molar-refractivity contribution in [2.45, 2.75) is 379 Å². The van der Waals surface area contributed by atoms with Crippen LogP contribution in [0.1, 0.15) is 367 Å². The zero-order valence-electron chi connectivity index (χ0n) is 48.2. The van der Waals surface area contributed by atoms with E-state index in [1.54, 1.807) is 6.08 Å².